The van der Waals surface area contributed by atoms with Gasteiger partial charge in [-0.1, -0.05) is 18.2 Å². The van der Waals surface area contributed by atoms with E-state index in [1.54, 1.807) is 49.8 Å². The van der Waals surface area contributed by atoms with Gasteiger partial charge in [0.1, 0.15) is 5.75 Å². The fourth-order valence-corrected chi connectivity index (χ4v) is 2.39. The third kappa shape index (κ3) is 5.39. The number of ether oxygens (including phenoxy) is 1. The molecule has 1 amide bonds. The van der Waals surface area contributed by atoms with Gasteiger partial charge in [-0.25, -0.2) is 0 Å². The molecule has 1 heterocycles. The summed E-state index contributed by atoms with van der Waals surface area (Å²) in [6.45, 7) is 0.370. The van der Waals surface area contributed by atoms with Gasteiger partial charge in [0.05, 0.1) is 13.5 Å². The summed E-state index contributed by atoms with van der Waals surface area (Å²) in [5.74, 6) is -0.826. The number of methoxy groups -OCH3 is 1. The number of benzene rings is 1. The predicted molar refractivity (Wildman–Crippen MR) is 88.7 cm³/mol. The van der Waals surface area contributed by atoms with Crippen LogP contribution in [0.3, 0.4) is 0 Å². The SMILES string of the molecule is COc1ccc(C(CC(=O)O)CC(=O)NCc2cccnc2)cc1. The highest BCUT2D eigenvalue weighted by Gasteiger charge is 2.19. The summed E-state index contributed by atoms with van der Waals surface area (Å²) in [6.07, 6.45) is 3.35. The fraction of sp³-hybridized carbons (Fsp3) is 0.278. The molecule has 0 aliphatic carbocycles. The molecule has 0 aliphatic rings. The van der Waals surface area contributed by atoms with Crippen molar-refractivity contribution in [2.75, 3.05) is 7.11 Å². The van der Waals surface area contributed by atoms with Gasteiger partial charge in [-0.3, -0.25) is 14.6 Å². The lowest BCUT2D eigenvalue weighted by molar-refractivity contribution is -0.137. The van der Waals surface area contributed by atoms with Crippen LogP contribution in [0.4, 0.5) is 0 Å². The summed E-state index contributed by atoms with van der Waals surface area (Å²) in [7, 11) is 1.57. The standard InChI is InChI=1S/C18H20N2O4/c1-24-16-6-4-14(5-7-16)15(10-18(22)23)9-17(21)20-12-13-3-2-8-19-11-13/h2-8,11,15H,9-10,12H2,1H3,(H,20,21)(H,22,23). The van der Waals surface area contributed by atoms with Crippen LogP contribution in [0.2, 0.25) is 0 Å². The topological polar surface area (TPSA) is 88.5 Å². The van der Waals surface area contributed by atoms with Gasteiger partial charge >= 0.3 is 5.97 Å². The van der Waals surface area contributed by atoms with Crippen molar-refractivity contribution in [1.82, 2.24) is 10.3 Å². The molecule has 1 aromatic carbocycles. The number of carbonyl (C=O) groups excluding carboxylic acids is 1. The van der Waals surface area contributed by atoms with E-state index >= 15 is 0 Å². The van der Waals surface area contributed by atoms with Crippen LogP contribution in [0.25, 0.3) is 0 Å². The molecule has 0 spiro atoms. The van der Waals surface area contributed by atoms with E-state index in [-0.39, 0.29) is 24.7 Å². The van der Waals surface area contributed by atoms with E-state index in [0.717, 1.165) is 11.1 Å². The minimum atomic E-state index is -0.934. The average Bonchev–Trinajstić information content (AvgIpc) is 2.60. The molecule has 2 rings (SSSR count). The van der Waals surface area contributed by atoms with Crippen LogP contribution in [0.1, 0.15) is 29.9 Å². The van der Waals surface area contributed by atoms with Crippen LogP contribution in [0, 0.1) is 0 Å². The molecular weight excluding hydrogens is 308 g/mol. The van der Waals surface area contributed by atoms with Crippen LogP contribution in [-0.4, -0.2) is 29.1 Å². The molecule has 0 bridgehead atoms. The second-order valence-corrected chi connectivity index (χ2v) is 5.41. The van der Waals surface area contributed by atoms with E-state index in [0.29, 0.717) is 12.3 Å². The van der Waals surface area contributed by atoms with Crippen LogP contribution >= 0.6 is 0 Å². The van der Waals surface area contributed by atoms with E-state index in [1.165, 1.54) is 0 Å². The molecule has 0 radical (unpaired) electrons. The summed E-state index contributed by atoms with van der Waals surface area (Å²) in [6, 6.07) is 10.8. The number of nitrogens with one attached hydrogen (secondary N) is 1. The highest BCUT2D eigenvalue weighted by atomic mass is 16.5. The summed E-state index contributed by atoms with van der Waals surface area (Å²) in [4.78, 5) is 27.2. The Morgan fingerprint density at radius 2 is 1.96 bits per heavy atom. The van der Waals surface area contributed by atoms with E-state index in [4.69, 9.17) is 9.84 Å². The third-order valence-corrected chi connectivity index (χ3v) is 3.65. The third-order valence-electron chi connectivity index (χ3n) is 3.65. The number of carbonyl (C=O) groups is 2. The van der Waals surface area contributed by atoms with Crippen molar-refractivity contribution >= 4 is 11.9 Å². The number of rotatable bonds is 8. The number of carboxylic acid groups (broad SMARTS) is 1. The van der Waals surface area contributed by atoms with Crippen LogP contribution in [0.5, 0.6) is 5.75 Å². The highest BCUT2D eigenvalue weighted by Crippen LogP contribution is 2.25. The van der Waals surface area contributed by atoms with Gasteiger partial charge in [0.25, 0.3) is 0 Å². The summed E-state index contributed by atoms with van der Waals surface area (Å²) in [5, 5.41) is 11.9. The van der Waals surface area contributed by atoms with Gasteiger partial charge in [-0.15, -0.1) is 0 Å². The van der Waals surface area contributed by atoms with E-state index < -0.39 is 5.97 Å². The molecule has 0 saturated heterocycles. The molecule has 0 saturated carbocycles. The van der Waals surface area contributed by atoms with Crippen LogP contribution < -0.4 is 10.1 Å². The first-order valence-corrected chi connectivity index (χ1v) is 7.60. The van der Waals surface area contributed by atoms with Gasteiger partial charge in [-0.05, 0) is 29.3 Å². The molecule has 0 aliphatic heterocycles. The molecule has 6 nitrogen and oxygen atoms in total. The number of carboxylic acids is 1. The maximum Gasteiger partial charge on any atom is 0.303 e. The number of hydrogen-bond donors (Lipinski definition) is 2. The zero-order chi connectivity index (χ0) is 17.4. The molecule has 0 fully saturated rings. The van der Waals surface area contributed by atoms with Crippen molar-refractivity contribution in [2.45, 2.75) is 25.3 Å². The largest absolute Gasteiger partial charge is 0.497 e. The van der Waals surface area contributed by atoms with Crippen molar-refractivity contribution in [3.63, 3.8) is 0 Å². The maximum absolute atomic E-state index is 12.2. The van der Waals surface area contributed by atoms with E-state index in [2.05, 4.69) is 10.3 Å². The Kier molecular flexibility index (Phi) is 6.31. The number of hydrogen-bond acceptors (Lipinski definition) is 4. The van der Waals surface area contributed by atoms with Crippen molar-refractivity contribution < 1.29 is 19.4 Å². The molecule has 1 unspecified atom stereocenters. The van der Waals surface area contributed by atoms with Crippen molar-refractivity contribution in [3.05, 3.63) is 59.9 Å². The maximum atomic E-state index is 12.2. The average molecular weight is 328 g/mol. The lowest BCUT2D eigenvalue weighted by Crippen LogP contribution is -2.25. The van der Waals surface area contributed by atoms with E-state index in [1.807, 2.05) is 6.07 Å². The molecule has 24 heavy (non-hydrogen) atoms. The van der Waals surface area contributed by atoms with Crippen LogP contribution in [0.15, 0.2) is 48.8 Å². The first kappa shape index (κ1) is 17.5. The Balaban J connectivity index is 1.99. The van der Waals surface area contributed by atoms with Gasteiger partial charge in [-0.2, -0.15) is 0 Å². The Labute approximate surface area is 140 Å². The minimum absolute atomic E-state index is 0.105. The summed E-state index contributed by atoms with van der Waals surface area (Å²) >= 11 is 0. The summed E-state index contributed by atoms with van der Waals surface area (Å²) < 4.78 is 5.10. The van der Waals surface area contributed by atoms with Crippen molar-refractivity contribution in [1.29, 1.82) is 0 Å². The van der Waals surface area contributed by atoms with Gasteiger partial charge in [0, 0.05) is 31.3 Å². The Hall–Kier alpha value is -2.89. The lowest BCUT2D eigenvalue weighted by Gasteiger charge is -2.15. The second kappa shape index (κ2) is 8.67. The highest BCUT2D eigenvalue weighted by molar-refractivity contribution is 5.78. The molecule has 126 valence electrons. The fourth-order valence-electron chi connectivity index (χ4n) is 2.39. The number of nitrogens with zero attached hydrogens (tertiary/aromatic N) is 1. The quantitative estimate of drug-likeness (QED) is 0.776. The van der Waals surface area contributed by atoms with Crippen LogP contribution in [-0.2, 0) is 16.1 Å². The number of aliphatic carboxylic acids is 1. The van der Waals surface area contributed by atoms with Gasteiger partial charge in [0.2, 0.25) is 5.91 Å². The smallest absolute Gasteiger partial charge is 0.303 e. The molecule has 6 heteroatoms. The Morgan fingerprint density at radius 3 is 2.54 bits per heavy atom. The lowest BCUT2D eigenvalue weighted by atomic mass is 9.92. The van der Waals surface area contributed by atoms with Crippen molar-refractivity contribution in [2.24, 2.45) is 0 Å². The number of pyridine rings is 1. The Morgan fingerprint density at radius 1 is 1.21 bits per heavy atom. The summed E-state index contributed by atoms with van der Waals surface area (Å²) in [5.41, 5.74) is 1.69. The molecule has 2 aromatic rings. The minimum Gasteiger partial charge on any atom is -0.497 e. The van der Waals surface area contributed by atoms with Gasteiger partial charge in [0.15, 0.2) is 0 Å². The second-order valence-electron chi connectivity index (χ2n) is 5.41. The number of amides is 1. The molecule has 1 atom stereocenters. The molecular formula is C18H20N2O4. The first-order chi connectivity index (χ1) is 11.6. The zero-order valence-electron chi connectivity index (χ0n) is 13.4. The predicted octanol–water partition coefficient (Wildman–Crippen LogP) is 2.36. The number of aromatic nitrogens is 1. The molecule has 1 aromatic heterocycles. The van der Waals surface area contributed by atoms with Gasteiger partial charge < -0.3 is 15.2 Å². The zero-order valence-corrected chi connectivity index (χ0v) is 13.4. The van der Waals surface area contributed by atoms with E-state index in [9.17, 15) is 9.59 Å². The monoisotopic (exact) mass is 328 g/mol. The first-order valence-electron chi connectivity index (χ1n) is 7.60. The normalized spacial score (nSPS) is 11.5. The Bertz CT molecular complexity index is 671. The van der Waals surface area contributed by atoms with Crippen molar-refractivity contribution in [3.8, 4) is 5.75 Å². The molecule has 2 N–H and O–H groups in total.